The molecule has 5 aromatic rings. The number of likely N-dealkylation sites (tertiary alicyclic amines) is 2. The largest absolute Gasteiger partial charge is 0.488 e. The molecule has 16 nitrogen and oxygen atoms in total. The number of carbonyl (C=O) groups excluding carboxylic acids is 4. The van der Waals surface area contributed by atoms with E-state index in [2.05, 4.69) is 70.8 Å². The lowest BCUT2D eigenvalue weighted by molar-refractivity contribution is -0.139. The normalized spacial score (nSPS) is 22.2. The van der Waals surface area contributed by atoms with Crippen molar-refractivity contribution in [2.45, 2.75) is 122 Å². The van der Waals surface area contributed by atoms with Crippen LogP contribution in [0.3, 0.4) is 0 Å². The number of rotatable bonds is 11. The highest BCUT2D eigenvalue weighted by atomic mass is 16.5. The molecule has 3 fully saturated rings. The quantitative estimate of drug-likeness (QED) is 0.101. The molecule has 9 rings (SSSR count). The first-order chi connectivity index (χ1) is 31.5. The first kappa shape index (κ1) is 44.1. The molecule has 0 saturated carbocycles. The van der Waals surface area contributed by atoms with E-state index in [0.29, 0.717) is 32.7 Å². The van der Waals surface area contributed by atoms with Crippen LogP contribution in [0.25, 0.3) is 44.2 Å². The van der Waals surface area contributed by atoms with Gasteiger partial charge in [0.05, 0.1) is 49.2 Å². The third kappa shape index (κ3) is 8.25. The molecule has 65 heavy (non-hydrogen) atoms. The lowest BCUT2D eigenvalue weighted by Gasteiger charge is -2.36. The minimum Gasteiger partial charge on any atom is -0.488 e. The van der Waals surface area contributed by atoms with Crippen LogP contribution >= 0.6 is 0 Å². The first-order valence-electron chi connectivity index (χ1n) is 23.2. The molecule has 0 radical (unpaired) electrons. The fourth-order valence-electron chi connectivity index (χ4n) is 10.6. The van der Waals surface area contributed by atoms with Gasteiger partial charge in [-0.05, 0) is 110 Å². The van der Waals surface area contributed by atoms with Crippen LogP contribution in [-0.2, 0) is 30.4 Å². The SMILES string of the molecule is CC[C@H]1CC[C@@H](c2ncc(-c3ccc4c(c3)COc3cc5c(ccc6[nH]c([C@@H]7CC[C@H](C)N7C(=O)[C@@H](NC(=O)OC)C7CCOCC7)nc65)cc3-4)[nH]2)N1C(=O)[C@@H](NC(=O)OC)[C@@H](C)CC. The molecule has 0 spiro atoms. The Bertz CT molecular complexity index is 2600. The Morgan fingerprint density at radius 3 is 2.35 bits per heavy atom. The van der Waals surface area contributed by atoms with Crippen molar-refractivity contribution >= 4 is 45.8 Å². The van der Waals surface area contributed by atoms with E-state index in [1.807, 2.05) is 35.9 Å². The van der Waals surface area contributed by atoms with Crippen LogP contribution in [0.2, 0.25) is 0 Å². The zero-order valence-electron chi connectivity index (χ0n) is 38.1. The molecule has 3 aromatic carbocycles. The van der Waals surface area contributed by atoms with Crippen molar-refractivity contribution in [3.05, 3.63) is 65.9 Å². The number of benzene rings is 3. The number of fused-ring (bicyclic) bond motifs is 6. The fourth-order valence-corrected chi connectivity index (χ4v) is 10.6. The number of nitrogens with one attached hydrogen (secondary N) is 4. The summed E-state index contributed by atoms with van der Waals surface area (Å²) < 4.78 is 21.9. The van der Waals surface area contributed by atoms with Gasteiger partial charge >= 0.3 is 12.2 Å². The molecule has 0 bridgehead atoms. The average molecular weight is 889 g/mol. The predicted octanol–water partition coefficient (Wildman–Crippen LogP) is 8.08. The number of alkyl carbamates (subject to hydrolysis) is 2. The summed E-state index contributed by atoms with van der Waals surface area (Å²) in [5.74, 6) is 1.83. The molecule has 6 heterocycles. The smallest absolute Gasteiger partial charge is 0.407 e. The van der Waals surface area contributed by atoms with Crippen molar-refractivity contribution < 1.29 is 38.1 Å². The second kappa shape index (κ2) is 18.4. The molecule has 4 aliphatic rings. The first-order valence-corrected chi connectivity index (χ1v) is 23.2. The molecule has 4 amide bonds. The van der Waals surface area contributed by atoms with E-state index >= 15 is 0 Å². The van der Waals surface area contributed by atoms with E-state index in [9.17, 15) is 19.2 Å². The van der Waals surface area contributed by atoms with E-state index in [0.717, 1.165) is 106 Å². The van der Waals surface area contributed by atoms with E-state index in [4.69, 9.17) is 28.9 Å². The predicted molar refractivity (Wildman–Crippen MR) is 244 cm³/mol. The topological polar surface area (TPSA) is 193 Å². The van der Waals surface area contributed by atoms with Crippen LogP contribution in [0.4, 0.5) is 9.59 Å². The summed E-state index contributed by atoms with van der Waals surface area (Å²) in [6, 6.07) is 12.8. The summed E-state index contributed by atoms with van der Waals surface area (Å²) in [5.41, 5.74) is 6.61. The van der Waals surface area contributed by atoms with Crippen molar-refractivity contribution in [2.75, 3.05) is 27.4 Å². The third-order valence-electron chi connectivity index (χ3n) is 14.5. The summed E-state index contributed by atoms with van der Waals surface area (Å²) in [5, 5.41) is 7.62. The van der Waals surface area contributed by atoms with Gasteiger partial charge in [-0.3, -0.25) is 9.59 Å². The zero-order chi connectivity index (χ0) is 45.5. The fraction of sp³-hybridized carbons (Fsp3) is 0.510. The van der Waals surface area contributed by atoms with Crippen LogP contribution in [-0.4, -0.2) is 105 Å². The van der Waals surface area contributed by atoms with Crippen molar-refractivity contribution in [2.24, 2.45) is 11.8 Å². The van der Waals surface area contributed by atoms with Gasteiger partial charge in [0.1, 0.15) is 36.1 Å². The highest BCUT2D eigenvalue weighted by Crippen LogP contribution is 2.44. The summed E-state index contributed by atoms with van der Waals surface area (Å²) in [6.45, 7) is 9.59. The molecule has 4 N–H and O–H groups in total. The number of aromatic nitrogens is 4. The number of imidazole rings is 2. The maximum absolute atomic E-state index is 14.4. The Morgan fingerprint density at radius 1 is 0.846 bits per heavy atom. The maximum Gasteiger partial charge on any atom is 0.407 e. The van der Waals surface area contributed by atoms with Crippen molar-refractivity contribution in [3.8, 4) is 28.1 Å². The van der Waals surface area contributed by atoms with Gasteiger partial charge in [0.2, 0.25) is 11.8 Å². The summed E-state index contributed by atoms with van der Waals surface area (Å²) in [6.07, 6.45) is 6.64. The molecular weight excluding hydrogens is 829 g/mol. The van der Waals surface area contributed by atoms with Gasteiger partial charge in [0, 0.05) is 36.2 Å². The molecule has 2 aromatic heterocycles. The number of amides is 4. The van der Waals surface area contributed by atoms with Gasteiger partial charge in [-0.15, -0.1) is 0 Å². The van der Waals surface area contributed by atoms with Gasteiger partial charge in [0.25, 0.3) is 0 Å². The molecular formula is C49H60N8O8. The van der Waals surface area contributed by atoms with Crippen LogP contribution in [0, 0.1) is 11.8 Å². The average Bonchev–Trinajstić information content (AvgIpc) is 4.17. The Kier molecular flexibility index (Phi) is 12.5. The number of hydrogen-bond acceptors (Lipinski definition) is 10. The second-order valence-electron chi connectivity index (χ2n) is 18.1. The van der Waals surface area contributed by atoms with Crippen molar-refractivity contribution in [3.63, 3.8) is 0 Å². The number of methoxy groups -OCH3 is 2. The summed E-state index contributed by atoms with van der Waals surface area (Å²) in [4.78, 5) is 74.3. The van der Waals surface area contributed by atoms with Crippen molar-refractivity contribution in [1.82, 2.24) is 40.4 Å². The Balaban J connectivity index is 0.966. The van der Waals surface area contributed by atoms with E-state index < -0.39 is 24.3 Å². The van der Waals surface area contributed by atoms with E-state index in [-0.39, 0.29) is 47.8 Å². The molecule has 7 atom stereocenters. The standard InChI is InChI=1S/C49H60N8O8/c1-7-26(3)41(54-48(60)62-5)46(58)57-32(8-2)12-16-38(57)44-50-24-37(52-44)30-10-13-33-31(21-30)25-65-40-23-34-29(22-35(33)40)11-14-36-43(34)53-45(51-36)39-15-9-27(4)56(39)47(59)42(55-49(61)63-6)28-17-19-64-20-18-28/h10-11,13-14,21-24,26-28,32,38-39,41-42H,7-9,12,15-20,25H2,1-6H3,(H,50,52)(H,51,53)(H,54,60)(H,55,61)/t26-,27-,32-,38-,39-,41-,42-/m0/s1. The number of H-pyrrole nitrogens is 2. The third-order valence-corrected chi connectivity index (χ3v) is 14.5. The minimum absolute atomic E-state index is 0.0333. The lowest BCUT2D eigenvalue weighted by Crippen LogP contribution is -2.54. The van der Waals surface area contributed by atoms with E-state index in [1.165, 1.54) is 14.2 Å². The van der Waals surface area contributed by atoms with Gasteiger partial charge < -0.3 is 49.3 Å². The highest BCUT2D eigenvalue weighted by molar-refractivity contribution is 6.07. The molecule has 344 valence electrons. The zero-order valence-corrected chi connectivity index (χ0v) is 38.1. The number of nitrogens with zero attached hydrogens (tertiary/aromatic N) is 4. The van der Waals surface area contributed by atoms with Gasteiger partial charge in [-0.1, -0.05) is 45.4 Å². The van der Waals surface area contributed by atoms with Crippen molar-refractivity contribution in [1.29, 1.82) is 0 Å². The Morgan fingerprint density at radius 2 is 1.60 bits per heavy atom. The molecule has 16 heteroatoms. The second-order valence-corrected chi connectivity index (χ2v) is 18.1. The lowest BCUT2D eigenvalue weighted by atomic mass is 9.90. The molecule has 0 aliphatic carbocycles. The number of hydrogen-bond donors (Lipinski definition) is 4. The molecule has 0 unspecified atom stereocenters. The Labute approximate surface area is 378 Å². The van der Waals surface area contributed by atoms with Crippen LogP contribution in [0.1, 0.15) is 108 Å². The van der Waals surface area contributed by atoms with E-state index in [1.54, 1.807) is 0 Å². The Hall–Kier alpha value is -6.16. The van der Waals surface area contributed by atoms with Crippen LogP contribution in [0.15, 0.2) is 48.7 Å². The molecule has 3 saturated heterocycles. The minimum atomic E-state index is -0.723. The van der Waals surface area contributed by atoms with Crippen LogP contribution in [0.5, 0.6) is 5.75 Å². The van der Waals surface area contributed by atoms with Gasteiger partial charge in [-0.25, -0.2) is 19.6 Å². The monoisotopic (exact) mass is 888 g/mol. The molecule has 4 aliphatic heterocycles. The number of aromatic amines is 2. The van der Waals surface area contributed by atoms with Crippen LogP contribution < -0.4 is 15.4 Å². The van der Waals surface area contributed by atoms with Gasteiger partial charge in [-0.2, -0.15) is 0 Å². The number of ether oxygens (including phenoxy) is 4. The summed E-state index contributed by atoms with van der Waals surface area (Å²) in [7, 11) is 2.62. The maximum atomic E-state index is 14.4. The highest BCUT2D eigenvalue weighted by Gasteiger charge is 2.44. The van der Waals surface area contributed by atoms with Gasteiger partial charge in [0.15, 0.2) is 0 Å². The summed E-state index contributed by atoms with van der Waals surface area (Å²) >= 11 is 0. The number of carbonyl (C=O) groups is 4.